The fourth-order valence-corrected chi connectivity index (χ4v) is 4.51. The van der Waals surface area contributed by atoms with E-state index in [2.05, 4.69) is 19.2 Å². The van der Waals surface area contributed by atoms with Crippen LogP contribution in [0.3, 0.4) is 0 Å². The number of rotatable bonds is 4. The molecule has 1 aliphatic rings. The van der Waals surface area contributed by atoms with Crippen LogP contribution in [-0.2, 0) is 5.54 Å². The van der Waals surface area contributed by atoms with Gasteiger partial charge >= 0.3 is 0 Å². The highest BCUT2D eigenvalue weighted by Crippen LogP contribution is 2.42. The molecule has 0 spiro atoms. The molecular weight excluding hydrogens is 236 g/mol. The van der Waals surface area contributed by atoms with E-state index >= 15 is 0 Å². The normalized spacial score (nSPS) is 21.6. The molecule has 0 saturated carbocycles. The number of thioether (sulfide) groups is 1. The predicted octanol–water partition coefficient (Wildman–Crippen LogP) is 3.69. The quantitative estimate of drug-likeness (QED) is 0.893. The molecule has 16 heavy (non-hydrogen) atoms. The van der Waals surface area contributed by atoms with Crippen LogP contribution < -0.4 is 5.73 Å². The van der Waals surface area contributed by atoms with E-state index in [1.165, 1.54) is 23.6 Å². The minimum absolute atomic E-state index is 0.210. The average molecular weight is 256 g/mol. The van der Waals surface area contributed by atoms with Crippen LogP contribution in [0.4, 0.5) is 0 Å². The van der Waals surface area contributed by atoms with Crippen molar-refractivity contribution in [3.05, 3.63) is 16.1 Å². The van der Waals surface area contributed by atoms with Gasteiger partial charge in [-0.05, 0) is 31.4 Å². The molecule has 1 unspecified atom stereocenters. The third kappa shape index (κ3) is 2.29. The molecule has 1 atom stereocenters. The van der Waals surface area contributed by atoms with Gasteiger partial charge in [-0.2, -0.15) is 11.8 Å². The van der Waals surface area contributed by atoms with Gasteiger partial charge in [-0.25, -0.2) is 4.98 Å². The number of nitrogens with two attached hydrogens (primary N) is 1. The van der Waals surface area contributed by atoms with E-state index in [4.69, 9.17) is 10.7 Å². The van der Waals surface area contributed by atoms with E-state index in [1.54, 1.807) is 11.3 Å². The van der Waals surface area contributed by atoms with Crippen LogP contribution in [0.1, 0.15) is 55.5 Å². The van der Waals surface area contributed by atoms with Crippen LogP contribution in [0.25, 0.3) is 0 Å². The molecule has 0 amide bonds. The Balaban J connectivity index is 2.17. The summed E-state index contributed by atoms with van der Waals surface area (Å²) in [5, 5.41) is 4.09. The Morgan fingerprint density at radius 3 is 2.81 bits per heavy atom. The summed E-state index contributed by atoms with van der Waals surface area (Å²) >= 11 is 3.83. The van der Waals surface area contributed by atoms with Crippen LogP contribution in [0.2, 0.25) is 0 Å². The molecule has 2 nitrogen and oxygen atoms in total. The molecule has 1 aromatic rings. The van der Waals surface area contributed by atoms with E-state index in [0.29, 0.717) is 5.25 Å². The number of hydrogen-bond donors (Lipinski definition) is 1. The minimum atomic E-state index is -0.210. The maximum atomic E-state index is 6.37. The number of hydrogen-bond acceptors (Lipinski definition) is 4. The van der Waals surface area contributed by atoms with Gasteiger partial charge in [0.25, 0.3) is 0 Å². The lowest BCUT2D eigenvalue weighted by atomic mass is 9.91. The summed E-state index contributed by atoms with van der Waals surface area (Å²) in [5.74, 6) is 1.29. The molecule has 0 aliphatic carbocycles. The highest BCUT2D eigenvalue weighted by atomic mass is 32.2. The average Bonchev–Trinajstić information content (AvgIpc) is 2.97. The predicted molar refractivity (Wildman–Crippen MR) is 73.0 cm³/mol. The van der Waals surface area contributed by atoms with Gasteiger partial charge < -0.3 is 5.73 Å². The van der Waals surface area contributed by atoms with Crippen molar-refractivity contribution >= 4 is 23.1 Å². The fraction of sp³-hybridized carbons (Fsp3) is 0.750. The molecule has 2 N–H and O–H groups in total. The van der Waals surface area contributed by atoms with E-state index in [9.17, 15) is 0 Å². The van der Waals surface area contributed by atoms with Gasteiger partial charge in [0.1, 0.15) is 5.01 Å². The van der Waals surface area contributed by atoms with Crippen molar-refractivity contribution in [1.82, 2.24) is 4.98 Å². The van der Waals surface area contributed by atoms with Gasteiger partial charge in [-0.15, -0.1) is 11.3 Å². The Morgan fingerprint density at radius 1 is 1.50 bits per heavy atom. The van der Waals surface area contributed by atoms with Gasteiger partial charge in [-0.1, -0.05) is 13.8 Å². The van der Waals surface area contributed by atoms with Crippen molar-refractivity contribution in [1.29, 1.82) is 0 Å². The van der Waals surface area contributed by atoms with E-state index < -0.39 is 0 Å². The highest BCUT2D eigenvalue weighted by molar-refractivity contribution is 7.99. The second kappa shape index (κ2) is 5.07. The van der Waals surface area contributed by atoms with E-state index in [-0.39, 0.29) is 5.54 Å². The summed E-state index contributed by atoms with van der Waals surface area (Å²) in [5.41, 5.74) is 7.26. The molecular formula is C12H20N2S2. The van der Waals surface area contributed by atoms with Gasteiger partial charge in [0.15, 0.2) is 0 Å². The zero-order valence-corrected chi connectivity index (χ0v) is 11.7. The maximum absolute atomic E-state index is 6.37. The highest BCUT2D eigenvalue weighted by Gasteiger charge is 2.28. The summed E-state index contributed by atoms with van der Waals surface area (Å²) in [6.45, 7) is 4.29. The Morgan fingerprint density at radius 2 is 2.25 bits per heavy atom. The lowest BCUT2D eigenvalue weighted by Crippen LogP contribution is -2.35. The Hall–Kier alpha value is -0.0600. The molecule has 0 bridgehead atoms. The largest absolute Gasteiger partial charge is 0.320 e. The number of thiazole rings is 1. The van der Waals surface area contributed by atoms with Crippen molar-refractivity contribution in [2.75, 3.05) is 5.75 Å². The third-order valence-corrected chi connectivity index (χ3v) is 5.99. The summed E-state index contributed by atoms with van der Waals surface area (Å²) < 4.78 is 0. The molecule has 2 heterocycles. The molecule has 0 aromatic carbocycles. The van der Waals surface area contributed by atoms with Crippen LogP contribution in [-0.4, -0.2) is 10.7 Å². The van der Waals surface area contributed by atoms with Crippen LogP contribution in [0.15, 0.2) is 5.38 Å². The second-order valence-electron chi connectivity index (χ2n) is 4.44. The SMILES string of the molecule is CCC(N)(CC)c1csc(C2CCCS2)n1. The Kier molecular flexibility index (Phi) is 3.93. The van der Waals surface area contributed by atoms with Gasteiger partial charge in [0, 0.05) is 5.38 Å². The molecule has 1 saturated heterocycles. The maximum Gasteiger partial charge on any atom is 0.106 e. The summed E-state index contributed by atoms with van der Waals surface area (Å²) in [7, 11) is 0. The molecule has 2 rings (SSSR count). The first-order valence-corrected chi connectivity index (χ1v) is 7.99. The third-order valence-electron chi connectivity index (χ3n) is 3.50. The summed E-state index contributed by atoms with van der Waals surface area (Å²) in [6.07, 6.45) is 4.54. The topological polar surface area (TPSA) is 38.9 Å². The lowest BCUT2D eigenvalue weighted by molar-refractivity contribution is 0.402. The monoisotopic (exact) mass is 256 g/mol. The van der Waals surface area contributed by atoms with Gasteiger partial charge in [0.05, 0.1) is 16.5 Å². The number of aromatic nitrogens is 1. The first kappa shape index (κ1) is 12.4. The molecule has 1 fully saturated rings. The molecule has 4 heteroatoms. The van der Waals surface area contributed by atoms with Crippen molar-refractivity contribution in [3.63, 3.8) is 0 Å². The van der Waals surface area contributed by atoms with Crippen LogP contribution >= 0.6 is 23.1 Å². The zero-order valence-electron chi connectivity index (χ0n) is 10.0. The fourth-order valence-electron chi connectivity index (χ4n) is 2.05. The van der Waals surface area contributed by atoms with Crippen LogP contribution in [0.5, 0.6) is 0 Å². The van der Waals surface area contributed by atoms with Crippen molar-refractivity contribution in [2.45, 2.75) is 50.3 Å². The number of nitrogens with zero attached hydrogens (tertiary/aromatic N) is 1. The molecule has 90 valence electrons. The first-order valence-electron chi connectivity index (χ1n) is 6.06. The Labute approximate surface area is 106 Å². The standard InChI is InChI=1S/C12H20N2S2/c1-3-12(13,4-2)10-8-16-11(14-10)9-6-5-7-15-9/h8-9H,3-7,13H2,1-2H3. The molecule has 0 radical (unpaired) electrons. The summed E-state index contributed by atoms with van der Waals surface area (Å²) in [6, 6.07) is 0. The first-order chi connectivity index (χ1) is 7.69. The van der Waals surface area contributed by atoms with Crippen LogP contribution in [0, 0.1) is 0 Å². The van der Waals surface area contributed by atoms with Crippen molar-refractivity contribution in [3.8, 4) is 0 Å². The zero-order chi connectivity index (χ0) is 11.6. The van der Waals surface area contributed by atoms with E-state index in [1.807, 2.05) is 11.8 Å². The van der Waals surface area contributed by atoms with Crippen molar-refractivity contribution in [2.24, 2.45) is 5.73 Å². The van der Waals surface area contributed by atoms with Gasteiger partial charge in [-0.3, -0.25) is 0 Å². The van der Waals surface area contributed by atoms with Crippen molar-refractivity contribution < 1.29 is 0 Å². The smallest absolute Gasteiger partial charge is 0.106 e. The lowest BCUT2D eigenvalue weighted by Gasteiger charge is -2.24. The van der Waals surface area contributed by atoms with E-state index in [0.717, 1.165) is 18.5 Å². The summed E-state index contributed by atoms with van der Waals surface area (Å²) in [4.78, 5) is 4.78. The van der Waals surface area contributed by atoms with Gasteiger partial charge in [0.2, 0.25) is 0 Å². The minimum Gasteiger partial charge on any atom is -0.320 e. The Bertz CT molecular complexity index is 339. The molecule has 1 aliphatic heterocycles. The molecule has 1 aromatic heterocycles. The second-order valence-corrected chi connectivity index (χ2v) is 6.64.